The van der Waals surface area contributed by atoms with Crippen LogP contribution in [0.3, 0.4) is 0 Å². The largest absolute Gasteiger partial charge is 0.393 e. The van der Waals surface area contributed by atoms with Crippen LogP contribution in [-0.2, 0) is 0 Å². The fourth-order valence-electron chi connectivity index (χ4n) is 2.85. The maximum atomic E-state index is 9.45. The van der Waals surface area contributed by atoms with Crippen molar-refractivity contribution < 1.29 is 5.11 Å². The van der Waals surface area contributed by atoms with Gasteiger partial charge in [0.2, 0.25) is 0 Å². The van der Waals surface area contributed by atoms with Gasteiger partial charge in [0.15, 0.2) is 0 Å². The van der Waals surface area contributed by atoms with Gasteiger partial charge < -0.3 is 5.11 Å². The highest BCUT2D eigenvalue weighted by Crippen LogP contribution is 2.40. The van der Waals surface area contributed by atoms with Crippen molar-refractivity contribution in [2.75, 3.05) is 0 Å². The molecule has 2 rings (SSSR count). The van der Waals surface area contributed by atoms with E-state index in [4.69, 9.17) is 0 Å². The summed E-state index contributed by atoms with van der Waals surface area (Å²) in [7, 11) is 0. The Balaban J connectivity index is 1.93. The zero-order valence-electron chi connectivity index (χ0n) is 7.13. The molecule has 64 valence electrons. The van der Waals surface area contributed by atoms with Gasteiger partial charge in [-0.1, -0.05) is 25.7 Å². The standard InChI is InChI=1S/C10H18O/c11-10-6-5-8-3-1-2-4-9(8)7-10/h8-11H,1-7H2/t8-,9-,10+/m1/s1. The van der Waals surface area contributed by atoms with Gasteiger partial charge in [-0.05, 0) is 31.1 Å². The predicted octanol–water partition coefficient (Wildman–Crippen LogP) is 2.34. The lowest BCUT2D eigenvalue weighted by molar-refractivity contribution is 0.0491. The van der Waals surface area contributed by atoms with Crippen molar-refractivity contribution in [1.82, 2.24) is 0 Å². The van der Waals surface area contributed by atoms with Crippen LogP contribution < -0.4 is 0 Å². The molecule has 0 aromatic carbocycles. The van der Waals surface area contributed by atoms with Gasteiger partial charge >= 0.3 is 0 Å². The molecule has 2 aliphatic carbocycles. The zero-order valence-corrected chi connectivity index (χ0v) is 7.13. The number of fused-ring (bicyclic) bond motifs is 1. The summed E-state index contributed by atoms with van der Waals surface area (Å²) in [5, 5.41) is 9.45. The summed E-state index contributed by atoms with van der Waals surface area (Å²) in [6.45, 7) is 0. The van der Waals surface area contributed by atoms with Crippen LogP contribution in [0, 0.1) is 11.8 Å². The molecule has 1 nitrogen and oxygen atoms in total. The van der Waals surface area contributed by atoms with Crippen LogP contribution in [0.15, 0.2) is 0 Å². The molecule has 1 N–H and O–H groups in total. The first kappa shape index (κ1) is 7.60. The quantitative estimate of drug-likeness (QED) is 0.568. The summed E-state index contributed by atoms with van der Waals surface area (Å²) in [6.07, 6.45) is 9.19. The van der Waals surface area contributed by atoms with Gasteiger partial charge in [0.1, 0.15) is 0 Å². The van der Waals surface area contributed by atoms with Crippen molar-refractivity contribution >= 4 is 0 Å². The van der Waals surface area contributed by atoms with Gasteiger partial charge in [-0.3, -0.25) is 0 Å². The van der Waals surface area contributed by atoms with Crippen molar-refractivity contribution in [2.45, 2.75) is 51.0 Å². The molecule has 1 heteroatoms. The van der Waals surface area contributed by atoms with Crippen LogP contribution in [0.25, 0.3) is 0 Å². The van der Waals surface area contributed by atoms with Crippen molar-refractivity contribution in [2.24, 2.45) is 11.8 Å². The molecule has 2 saturated carbocycles. The SMILES string of the molecule is O[C@H]1CC[C@H]2CCCC[C@@H]2C1. The summed E-state index contributed by atoms with van der Waals surface area (Å²) in [5.74, 6) is 1.86. The van der Waals surface area contributed by atoms with E-state index in [-0.39, 0.29) is 6.10 Å². The van der Waals surface area contributed by atoms with Crippen molar-refractivity contribution in [3.63, 3.8) is 0 Å². The number of hydrogen-bond donors (Lipinski definition) is 1. The Kier molecular flexibility index (Phi) is 2.17. The van der Waals surface area contributed by atoms with E-state index >= 15 is 0 Å². The summed E-state index contributed by atoms with van der Waals surface area (Å²) in [6, 6.07) is 0. The van der Waals surface area contributed by atoms with Crippen LogP contribution in [-0.4, -0.2) is 11.2 Å². The molecule has 0 aromatic rings. The summed E-state index contributed by atoms with van der Waals surface area (Å²) >= 11 is 0. The van der Waals surface area contributed by atoms with E-state index in [9.17, 15) is 5.11 Å². The third kappa shape index (κ3) is 1.58. The van der Waals surface area contributed by atoms with Gasteiger partial charge in [0.25, 0.3) is 0 Å². The first-order valence-corrected chi connectivity index (χ1v) is 5.04. The van der Waals surface area contributed by atoms with Gasteiger partial charge in [-0.2, -0.15) is 0 Å². The molecule has 0 unspecified atom stereocenters. The minimum atomic E-state index is 0.0364. The molecule has 0 bridgehead atoms. The van der Waals surface area contributed by atoms with Crippen LogP contribution >= 0.6 is 0 Å². The Bertz CT molecular complexity index is 133. The van der Waals surface area contributed by atoms with E-state index in [1.165, 1.54) is 32.1 Å². The normalized spacial score (nSPS) is 45.0. The molecule has 0 saturated heterocycles. The summed E-state index contributed by atoms with van der Waals surface area (Å²) < 4.78 is 0. The first-order chi connectivity index (χ1) is 5.36. The molecule has 0 amide bonds. The Morgan fingerprint density at radius 1 is 0.818 bits per heavy atom. The molecule has 0 aromatic heterocycles. The second-order valence-electron chi connectivity index (χ2n) is 4.27. The van der Waals surface area contributed by atoms with Gasteiger partial charge in [0, 0.05) is 0 Å². The van der Waals surface area contributed by atoms with Crippen molar-refractivity contribution in [3.8, 4) is 0 Å². The summed E-state index contributed by atoms with van der Waals surface area (Å²) in [5.41, 5.74) is 0. The number of rotatable bonds is 0. The second kappa shape index (κ2) is 3.14. The molecule has 11 heavy (non-hydrogen) atoms. The fourth-order valence-corrected chi connectivity index (χ4v) is 2.85. The minimum Gasteiger partial charge on any atom is -0.393 e. The van der Waals surface area contributed by atoms with Gasteiger partial charge in [-0.25, -0.2) is 0 Å². The van der Waals surface area contributed by atoms with Gasteiger partial charge in [0.05, 0.1) is 6.10 Å². The number of aliphatic hydroxyl groups is 1. The number of aliphatic hydroxyl groups excluding tert-OH is 1. The molecule has 0 heterocycles. The fraction of sp³-hybridized carbons (Fsp3) is 1.00. The highest BCUT2D eigenvalue weighted by Gasteiger charge is 2.30. The lowest BCUT2D eigenvalue weighted by Crippen LogP contribution is -2.29. The molecule has 0 spiro atoms. The topological polar surface area (TPSA) is 20.2 Å². The lowest BCUT2D eigenvalue weighted by atomic mass is 9.70. The molecule has 2 fully saturated rings. The Hall–Kier alpha value is -0.0400. The van der Waals surface area contributed by atoms with E-state index in [0.717, 1.165) is 24.7 Å². The molecule has 2 aliphatic rings. The Morgan fingerprint density at radius 2 is 1.55 bits per heavy atom. The third-order valence-electron chi connectivity index (χ3n) is 3.51. The predicted molar refractivity (Wildman–Crippen MR) is 45.3 cm³/mol. The average molecular weight is 154 g/mol. The molecular weight excluding hydrogens is 136 g/mol. The highest BCUT2D eigenvalue weighted by molar-refractivity contribution is 4.82. The van der Waals surface area contributed by atoms with E-state index in [2.05, 4.69) is 0 Å². The molecule has 0 radical (unpaired) electrons. The monoisotopic (exact) mass is 154 g/mol. The zero-order chi connectivity index (χ0) is 7.68. The highest BCUT2D eigenvalue weighted by atomic mass is 16.3. The van der Waals surface area contributed by atoms with Crippen LogP contribution in [0.4, 0.5) is 0 Å². The van der Waals surface area contributed by atoms with Gasteiger partial charge in [-0.15, -0.1) is 0 Å². The molecular formula is C10H18O. The smallest absolute Gasteiger partial charge is 0.0543 e. The van der Waals surface area contributed by atoms with Crippen LogP contribution in [0.1, 0.15) is 44.9 Å². The molecule has 0 aliphatic heterocycles. The number of hydrogen-bond acceptors (Lipinski definition) is 1. The second-order valence-corrected chi connectivity index (χ2v) is 4.27. The Morgan fingerprint density at radius 3 is 2.36 bits per heavy atom. The van der Waals surface area contributed by atoms with Crippen LogP contribution in [0.2, 0.25) is 0 Å². The average Bonchev–Trinajstić information content (AvgIpc) is 2.04. The maximum Gasteiger partial charge on any atom is 0.0543 e. The van der Waals surface area contributed by atoms with E-state index < -0.39 is 0 Å². The maximum absolute atomic E-state index is 9.45. The van der Waals surface area contributed by atoms with E-state index in [1.807, 2.05) is 0 Å². The first-order valence-electron chi connectivity index (χ1n) is 5.04. The van der Waals surface area contributed by atoms with Crippen molar-refractivity contribution in [3.05, 3.63) is 0 Å². The third-order valence-corrected chi connectivity index (χ3v) is 3.51. The lowest BCUT2D eigenvalue weighted by Gasteiger charge is -2.37. The Labute approximate surface area is 68.8 Å². The molecule has 3 atom stereocenters. The van der Waals surface area contributed by atoms with E-state index in [1.54, 1.807) is 0 Å². The van der Waals surface area contributed by atoms with E-state index in [0.29, 0.717) is 0 Å². The minimum absolute atomic E-state index is 0.0364. The van der Waals surface area contributed by atoms with Crippen molar-refractivity contribution in [1.29, 1.82) is 0 Å². The summed E-state index contributed by atoms with van der Waals surface area (Å²) in [4.78, 5) is 0. The van der Waals surface area contributed by atoms with Crippen LogP contribution in [0.5, 0.6) is 0 Å².